The van der Waals surface area contributed by atoms with Gasteiger partial charge in [-0.3, -0.25) is 0 Å². The van der Waals surface area contributed by atoms with Crippen molar-refractivity contribution in [3.8, 4) is 0 Å². The SMILES string of the molecule is COC(CO)C(O)C(O)C(C)O. The van der Waals surface area contributed by atoms with Gasteiger partial charge in [-0.2, -0.15) is 0 Å². The molecule has 0 aliphatic rings. The third kappa shape index (κ3) is 3.04. The van der Waals surface area contributed by atoms with Crippen molar-refractivity contribution >= 4 is 0 Å². The van der Waals surface area contributed by atoms with E-state index in [2.05, 4.69) is 4.74 Å². The number of hydrogen-bond acceptors (Lipinski definition) is 5. The van der Waals surface area contributed by atoms with E-state index in [0.717, 1.165) is 0 Å². The van der Waals surface area contributed by atoms with Crippen LogP contribution < -0.4 is 0 Å². The van der Waals surface area contributed by atoms with E-state index in [-0.39, 0.29) is 0 Å². The average molecular weight is 180 g/mol. The topological polar surface area (TPSA) is 90.2 Å². The zero-order chi connectivity index (χ0) is 9.72. The molecule has 0 saturated carbocycles. The Hall–Kier alpha value is -0.200. The van der Waals surface area contributed by atoms with E-state index in [1.807, 2.05) is 0 Å². The second-order valence-electron chi connectivity index (χ2n) is 2.68. The highest BCUT2D eigenvalue weighted by Gasteiger charge is 2.28. The molecule has 0 spiro atoms. The molecule has 5 nitrogen and oxygen atoms in total. The first kappa shape index (κ1) is 11.8. The van der Waals surface area contributed by atoms with Gasteiger partial charge in [0.15, 0.2) is 0 Å². The second-order valence-corrected chi connectivity index (χ2v) is 2.68. The lowest BCUT2D eigenvalue weighted by Crippen LogP contribution is -2.45. The van der Waals surface area contributed by atoms with Crippen LogP contribution in [0, 0.1) is 0 Å². The molecule has 0 heterocycles. The van der Waals surface area contributed by atoms with Crippen LogP contribution in [-0.4, -0.2) is 58.6 Å². The van der Waals surface area contributed by atoms with Gasteiger partial charge in [-0.05, 0) is 6.92 Å². The van der Waals surface area contributed by atoms with Gasteiger partial charge in [0.25, 0.3) is 0 Å². The highest BCUT2D eigenvalue weighted by Crippen LogP contribution is 2.06. The third-order valence-corrected chi connectivity index (χ3v) is 1.71. The van der Waals surface area contributed by atoms with Gasteiger partial charge in [0.2, 0.25) is 0 Å². The van der Waals surface area contributed by atoms with Gasteiger partial charge in [-0.1, -0.05) is 0 Å². The Morgan fingerprint density at radius 1 is 1.17 bits per heavy atom. The van der Waals surface area contributed by atoms with Crippen LogP contribution in [0.2, 0.25) is 0 Å². The van der Waals surface area contributed by atoms with E-state index in [1.165, 1.54) is 14.0 Å². The van der Waals surface area contributed by atoms with Gasteiger partial charge in [-0.25, -0.2) is 0 Å². The number of methoxy groups -OCH3 is 1. The largest absolute Gasteiger partial charge is 0.394 e. The van der Waals surface area contributed by atoms with Crippen LogP contribution in [0.5, 0.6) is 0 Å². The van der Waals surface area contributed by atoms with Gasteiger partial charge in [0.1, 0.15) is 18.3 Å². The van der Waals surface area contributed by atoms with Crippen molar-refractivity contribution in [1.29, 1.82) is 0 Å². The normalized spacial score (nSPS) is 21.5. The highest BCUT2D eigenvalue weighted by atomic mass is 16.5. The molecule has 0 aliphatic heterocycles. The van der Waals surface area contributed by atoms with E-state index in [0.29, 0.717) is 0 Å². The van der Waals surface area contributed by atoms with E-state index in [1.54, 1.807) is 0 Å². The van der Waals surface area contributed by atoms with E-state index in [9.17, 15) is 5.11 Å². The summed E-state index contributed by atoms with van der Waals surface area (Å²) < 4.78 is 4.66. The fraction of sp³-hybridized carbons (Fsp3) is 1.00. The molecule has 4 atom stereocenters. The molecule has 5 heteroatoms. The quantitative estimate of drug-likeness (QED) is 0.396. The van der Waals surface area contributed by atoms with Crippen LogP contribution in [0.15, 0.2) is 0 Å². The molecule has 12 heavy (non-hydrogen) atoms. The molecule has 0 fully saturated rings. The predicted molar refractivity (Wildman–Crippen MR) is 41.6 cm³/mol. The molecule has 0 radical (unpaired) electrons. The smallest absolute Gasteiger partial charge is 0.111 e. The molecule has 0 amide bonds. The first-order chi connectivity index (χ1) is 5.54. The monoisotopic (exact) mass is 180 g/mol. The third-order valence-electron chi connectivity index (χ3n) is 1.71. The molecule has 0 saturated heterocycles. The maximum absolute atomic E-state index is 9.25. The number of rotatable bonds is 5. The summed E-state index contributed by atoms with van der Waals surface area (Å²) in [6.45, 7) is 0.944. The summed E-state index contributed by atoms with van der Waals surface area (Å²) in [4.78, 5) is 0. The second kappa shape index (κ2) is 5.45. The molecule has 0 bridgehead atoms. The summed E-state index contributed by atoms with van der Waals surface area (Å²) >= 11 is 0. The van der Waals surface area contributed by atoms with Gasteiger partial charge in [0.05, 0.1) is 12.7 Å². The first-order valence-corrected chi connectivity index (χ1v) is 3.72. The summed E-state index contributed by atoms with van der Waals surface area (Å²) in [7, 11) is 1.30. The summed E-state index contributed by atoms with van der Waals surface area (Å²) in [6.07, 6.45) is -4.50. The van der Waals surface area contributed by atoms with Crippen LogP contribution in [0.1, 0.15) is 6.92 Å². The Kier molecular flexibility index (Phi) is 5.36. The molecule has 74 valence electrons. The van der Waals surface area contributed by atoms with Crippen molar-refractivity contribution in [1.82, 2.24) is 0 Å². The number of aliphatic hydroxyl groups excluding tert-OH is 4. The lowest BCUT2D eigenvalue weighted by molar-refractivity contribution is -0.121. The zero-order valence-corrected chi connectivity index (χ0v) is 7.21. The molecular weight excluding hydrogens is 164 g/mol. The minimum Gasteiger partial charge on any atom is -0.394 e. The maximum atomic E-state index is 9.25. The fourth-order valence-corrected chi connectivity index (χ4v) is 0.827. The zero-order valence-electron chi connectivity index (χ0n) is 7.21. The van der Waals surface area contributed by atoms with Gasteiger partial charge < -0.3 is 25.2 Å². The maximum Gasteiger partial charge on any atom is 0.111 e. The predicted octanol–water partition coefficient (Wildman–Crippen LogP) is -1.90. The summed E-state index contributed by atoms with van der Waals surface area (Å²) in [5.41, 5.74) is 0. The average Bonchev–Trinajstić information content (AvgIpc) is 2.05. The van der Waals surface area contributed by atoms with Crippen LogP contribution in [0.25, 0.3) is 0 Å². The van der Waals surface area contributed by atoms with E-state index < -0.39 is 31.0 Å². The Morgan fingerprint density at radius 2 is 1.67 bits per heavy atom. The summed E-state index contributed by atoms with van der Waals surface area (Å²) in [6, 6.07) is 0. The first-order valence-electron chi connectivity index (χ1n) is 3.72. The van der Waals surface area contributed by atoms with Crippen molar-refractivity contribution in [3.05, 3.63) is 0 Å². The van der Waals surface area contributed by atoms with Crippen molar-refractivity contribution in [2.45, 2.75) is 31.3 Å². The van der Waals surface area contributed by atoms with Crippen molar-refractivity contribution in [2.24, 2.45) is 0 Å². The van der Waals surface area contributed by atoms with Gasteiger partial charge >= 0.3 is 0 Å². The van der Waals surface area contributed by atoms with Crippen molar-refractivity contribution in [3.63, 3.8) is 0 Å². The summed E-state index contributed by atoms with van der Waals surface area (Å²) in [5.74, 6) is 0. The lowest BCUT2D eigenvalue weighted by atomic mass is 10.0. The van der Waals surface area contributed by atoms with Crippen LogP contribution in [-0.2, 0) is 4.74 Å². The minimum absolute atomic E-state index is 0.401. The number of hydrogen-bond donors (Lipinski definition) is 4. The van der Waals surface area contributed by atoms with Crippen molar-refractivity contribution in [2.75, 3.05) is 13.7 Å². The Bertz CT molecular complexity index is 110. The molecule has 0 aromatic carbocycles. The Balaban J connectivity index is 4.05. The summed E-state index contributed by atoms with van der Waals surface area (Å²) in [5, 5.41) is 35.9. The lowest BCUT2D eigenvalue weighted by Gasteiger charge is -2.25. The standard InChI is InChI=1S/C7H16O5/c1-4(9)6(10)7(11)5(3-8)12-2/h4-11H,3H2,1-2H3. The molecule has 4 unspecified atom stereocenters. The molecule has 0 aliphatic carbocycles. The molecule has 4 N–H and O–H groups in total. The van der Waals surface area contributed by atoms with E-state index >= 15 is 0 Å². The molecule has 0 rings (SSSR count). The molecule has 0 aromatic heterocycles. The molecule has 0 aromatic rings. The number of ether oxygens (including phenoxy) is 1. The Labute approximate surface area is 71.2 Å². The minimum atomic E-state index is -1.30. The Morgan fingerprint density at radius 3 is 1.92 bits per heavy atom. The van der Waals surface area contributed by atoms with Gasteiger partial charge in [0, 0.05) is 7.11 Å². The molecular formula is C7H16O5. The fourth-order valence-electron chi connectivity index (χ4n) is 0.827. The van der Waals surface area contributed by atoms with Crippen LogP contribution in [0.3, 0.4) is 0 Å². The van der Waals surface area contributed by atoms with Gasteiger partial charge in [-0.15, -0.1) is 0 Å². The highest BCUT2D eigenvalue weighted by molar-refractivity contribution is 4.79. The van der Waals surface area contributed by atoms with Crippen LogP contribution >= 0.6 is 0 Å². The number of aliphatic hydroxyl groups is 4. The van der Waals surface area contributed by atoms with E-state index in [4.69, 9.17) is 15.3 Å². The van der Waals surface area contributed by atoms with Crippen LogP contribution in [0.4, 0.5) is 0 Å². The van der Waals surface area contributed by atoms with Crippen molar-refractivity contribution < 1.29 is 25.2 Å².